The fourth-order valence-electron chi connectivity index (χ4n) is 2.48. The summed E-state index contributed by atoms with van der Waals surface area (Å²) in [6, 6.07) is 17.4. The molecule has 112 valence electrons. The lowest BCUT2D eigenvalue weighted by atomic mass is 10.2. The molecule has 0 spiro atoms. The highest BCUT2D eigenvalue weighted by Gasteiger charge is 2.08. The van der Waals surface area contributed by atoms with E-state index in [0.717, 1.165) is 21.0 Å². The van der Waals surface area contributed by atoms with Crippen LogP contribution in [-0.4, -0.2) is 14.5 Å². The van der Waals surface area contributed by atoms with Crippen molar-refractivity contribution < 1.29 is 0 Å². The summed E-state index contributed by atoms with van der Waals surface area (Å²) in [6.45, 7) is 0.487. The minimum Gasteiger partial charge on any atom is -0.293 e. The number of nitrogens with zero attached hydrogens (tertiary/aromatic N) is 3. The Labute approximate surface area is 136 Å². The molecule has 0 atom stereocenters. The van der Waals surface area contributed by atoms with Gasteiger partial charge in [0.25, 0.3) is 5.56 Å². The SMILES string of the molecule is O=c1c2ccccc2ncn1Cc1cnc(-c2ccccc2)s1. The van der Waals surface area contributed by atoms with Crippen LogP contribution in [0.1, 0.15) is 4.88 Å². The Balaban J connectivity index is 1.68. The molecule has 2 aromatic carbocycles. The molecule has 23 heavy (non-hydrogen) atoms. The molecule has 0 aliphatic carbocycles. The first-order valence-corrected chi connectivity index (χ1v) is 8.07. The van der Waals surface area contributed by atoms with Crippen LogP contribution in [0.15, 0.2) is 71.9 Å². The van der Waals surface area contributed by atoms with Crippen LogP contribution in [0.25, 0.3) is 21.5 Å². The first-order chi connectivity index (χ1) is 11.3. The van der Waals surface area contributed by atoms with E-state index >= 15 is 0 Å². The Morgan fingerprint density at radius 1 is 0.957 bits per heavy atom. The molecule has 0 aliphatic rings. The van der Waals surface area contributed by atoms with Crippen molar-refractivity contribution in [1.29, 1.82) is 0 Å². The van der Waals surface area contributed by atoms with Crippen molar-refractivity contribution in [3.05, 3.63) is 82.4 Å². The number of hydrogen-bond acceptors (Lipinski definition) is 4. The second-order valence-corrected chi connectivity index (χ2v) is 6.31. The van der Waals surface area contributed by atoms with E-state index in [0.29, 0.717) is 11.9 Å². The molecule has 4 aromatic rings. The summed E-state index contributed by atoms with van der Waals surface area (Å²) in [6.07, 6.45) is 3.43. The number of para-hydroxylation sites is 1. The first-order valence-electron chi connectivity index (χ1n) is 7.25. The zero-order valence-corrected chi connectivity index (χ0v) is 13.0. The van der Waals surface area contributed by atoms with Gasteiger partial charge in [-0.15, -0.1) is 11.3 Å². The van der Waals surface area contributed by atoms with Crippen LogP contribution in [0.2, 0.25) is 0 Å². The largest absolute Gasteiger partial charge is 0.293 e. The Hall–Kier alpha value is -2.79. The van der Waals surface area contributed by atoms with Crippen molar-refractivity contribution in [3.8, 4) is 10.6 Å². The topological polar surface area (TPSA) is 47.8 Å². The molecule has 2 aromatic heterocycles. The molecular weight excluding hydrogens is 306 g/mol. The van der Waals surface area contributed by atoms with Crippen LogP contribution >= 0.6 is 11.3 Å². The normalized spacial score (nSPS) is 11.0. The maximum Gasteiger partial charge on any atom is 0.261 e. The fraction of sp³-hybridized carbons (Fsp3) is 0.0556. The number of aromatic nitrogens is 3. The van der Waals surface area contributed by atoms with E-state index in [9.17, 15) is 4.79 Å². The predicted octanol–water partition coefficient (Wildman–Crippen LogP) is 3.57. The Bertz CT molecular complexity index is 1020. The molecule has 0 aliphatic heterocycles. The van der Waals surface area contributed by atoms with Gasteiger partial charge in [0.1, 0.15) is 5.01 Å². The van der Waals surface area contributed by atoms with Gasteiger partial charge in [-0.3, -0.25) is 9.36 Å². The average Bonchev–Trinajstić information content (AvgIpc) is 3.07. The molecule has 0 saturated heterocycles. The molecule has 5 heteroatoms. The van der Waals surface area contributed by atoms with E-state index in [1.54, 1.807) is 22.2 Å². The molecule has 0 fully saturated rings. The smallest absolute Gasteiger partial charge is 0.261 e. The second-order valence-electron chi connectivity index (χ2n) is 5.19. The monoisotopic (exact) mass is 319 g/mol. The number of benzene rings is 2. The summed E-state index contributed by atoms with van der Waals surface area (Å²) >= 11 is 1.60. The zero-order chi connectivity index (χ0) is 15.6. The van der Waals surface area contributed by atoms with E-state index in [-0.39, 0.29) is 5.56 Å². The predicted molar refractivity (Wildman–Crippen MR) is 92.7 cm³/mol. The highest BCUT2D eigenvalue weighted by atomic mass is 32.1. The molecule has 0 bridgehead atoms. The molecule has 4 nitrogen and oxygen atoms in total. The van der Waals surface area contributed by atoms with Crippen molar-refractivity contribution in [2.24, 2.45) is 0 Å². The average molecular weight is 319 g/mol. The summed E-state index contributed by atoms with van der Waals surface area (Å²) in [4.78, 5) is 22.4. The van der Waals surface area contributed by atoms with Gasteiger partial charge in [0.15, 0.2) is 0 Å². The summed E-state index contributed by atoms with van der Waals surface area (Å²) in [5.41, 5.74) is 1.79. The molecule has 0 radical (unpaired) electrons. The van der Waals surface area contributed by atoms with Crippen molar-refractivity contribution >= 4 is 22.2 Å². The Morgan fingerprint density at radius 2 is 1.74 bits per heavy atom. The van der Waals surface area contributed by atoms with Gasteiger partial charge in [-0.1, -0.05) is 42.5 Å². The highest BCUT2D eigenvalue weighted by molar-refractivity contribution is 7.15. The summed E-state index contributed by atoms with van der Waals surface area (Å²) < 4.78 is 1.63. The third-order valence-electron chi connectivity index (χ3n) is 3.63. The molecule has 0 unspecified atom stereocenters. The van der Waals surface area contributed by atoms with Crippen LogP contribution in [-0.2, 0) is 6.54 Å². The van der Waals surface area contributed by atoms with Gasteiger partial charge in [-0.05, 0) is 12.1 Å². The molecule has 0 amide bonds. The summed E-state index contributed by atoms with van der Waals surface area (Å²) in [5, 5.41) is 1.60. The maximum absolute atomic E-state index is 12.5. The lowest BCUT2D eigenvalue weighted by molar-refractivity contribution is 0.757. The van der Waals surface area contributed by atoms with E-state index < -0.39 is 0 Å². The van der Waals surface area contributed by atoms with Crippen molar-refractivity contribution in [3.63, 3.8) is 0 Å². The van der Waals surface area contributed by atoms with Crippen LogP contribution in [0.5, 0.6) is 0 Å². The summed E-state index contributed by atoms with van der Waals surface area (Å²) in [7, 11) is 0. The van der Waals surface area contributed by atoms with Gasteiger partial charge in [0.05, 0.1) is 23.8 Å². The third kappa shape index (κ3) is 2.66. The fourth-order valence-corrected chi connectivity index (χ4v) is 3.40. The number of hydrogen-bond donors (Lipinski definition) is 0. The molecule has 4 rings (SSSR count). The van der Waals surface area contributed by atoms with Gasteiger partial charge >= 0.3 is 0 Å². The van der Waals surface area contributed by atoms with Crippen LogP contribution in [0.4, 0.5) is 0 Å². The highest BCUT2D eigenvalue weighted by Crippen LogP contribution is 2.25. The van der Waals surface area contributed by atoms with E-state index in [1.807, 2.05) is 60.8 Å². The number of rotatable bonds is 3. The lowest BCUT2D eigenvalue weighted by Crippen LogP contribution is -2.20. The standard InChI is InChI=1S/C18H13N3OS/c22-18-15-8-4-5-9-16(15)20-12-21(18)11-14-10-19-17(23-14)13-6-2-1-3-7-13/h1-10,12H,11H2. The lowest BCUT2D eigenvalue weighted by Gasteiger charge is -2.04. The van der Waals surface area contributed by atoms with Crippen molar-refractivity contribution in [2.45, 2.75) is 6.54 Å². The van der Waals surface area contributed by atoms with E-state index in [2.05, 4.69) is 9.97 Å². The van der Waals surface area contributed by atoms with Crippen molar-refractivity contribution in [2.75, 3.05) is 0 Å². The van der Waals surface area contributed by atoms with Crippen LogP contribution < -0.4 is 5.56 Å². The van der Waals surface area contributed by atoms with Crippen LogP contribution in [0.3, 0.4) is 0 Å². The molecule has 2 heterocycles. The first kappa shape index (κ1) is 13.8. The maximum atomic E-state index is 12.5. The quantitative estimate of drug-likeness (QED) is 0.580. The van der Waals surface area contributed by atoms with Gasteiger partial charge in [0, 0.05) is 16.6 Å². The number of thiazole rings is 1. The minimum absolute atomic E-state index is 0.0229. The van der Waals surface area contributed by atoms with E-state index in [1.165, 1.54) is 0 Å². The Kier molecular flexibility index (Phi) is 3.48. The van der Waals surface area contributed by atoms with Gasteiger partial charge in [0.2, 0.25) is 0 Å². The molecule has 0 saturated carbocycles. The third-order valence-corrected chi connectivity index (χ3v) is 4.66. The van der Waals surface area contributed by atoms with Gasteiger partial charge < -0.3 is 0 Å². The van der Waals surface area contributed by atoms with Crippen LogP contribution in [0, 0.1) is 0 Å². The van der Waals surface area contributed by atoms with Gasteiger partial charge in [-0.2, -0.15) is 0 Å². The Morgan fingerprint density at radius 3 is 2.61 bits per heavy atom. The molecule has 0 N–H and O–H groups in total. The van der Waals surface area contributed by atoms with E-state index in [4.69, 9.17) is 0 Å². The summed E-state index contributed by atoms with van der Waals surface area (Å²) in [5.74, 6) is 0. The van der Waals surface area contributed by atoms with Crippen molar-refractivity contribution in [1.82, 2.24) is 14.5 Å². The van der Waals surface area contributed by atoms with Gasteiger partial charge in [-0.25, -0.2) is 9.97 Å². The zero-order valence-electron chi connectivity index (χ0n) is 12.2. The minimum atomic E-state index is -0.0229. The number of fused-ring (bicyclic) bond motifs is 1. The molecular formula is C18H13N3OS. The second kappa shape index (κ2) is 5.78.